The minimum atomic E-state index is -0.256. The van der Waals surface area contributed by atoms with Crippen molar-refractivity contribution in [3.05, 3.63) is 180 Å². The van der Waals surface area contributed by atoms with Crippen LogP contribution in [0, 0.1) is 22.7 Å². The number of nitriles is 2. The quantitative estimate of drug-likeness (QED) is 0.190. The Morgan fingerprint density at radius 3 is 1.82 bits per heavy atom. The van der Waals surface area contributed by atoms with E-state index in [0.29, 0.717) is 11.1 Å². The molecule has 51 heavy (non-hydrogen) atoms. The number of fused-ring (bicyclic) bond motifs is 5. The average Bonchev–Trinajstić information content (AvgIpc) is 3.52. The molecule has 0 spiro atoms. The first-order valence-corrected chi connectivity index (χ1v) is 17.1. The predicted molar refractivity (Wildman–Crippen MR) is 208 cm³/mol. The molecule has 0 unspecified atom stereocenters. The summed E-state index contributed by atoms with van der Waals surface area (Å²) >= 11 is 0. The maximum absolute atomic E-state index is 10.5. The molecule has 4 heteroatoms. The first-order valence-electron chi connectivity index (χ1n) is 17.1. The van der Waals surface area contributed by atoms with Gasteiger partial charge in [0.1, 0.15) is 0 Å². The second-order valence-corrected chi connectivity index (χ2v) is 13.6. The van der Waals surface area contributed by atoms with E-state index < -0.39 is 0 Å². The monoisotopic (exact) mass is 652 g/mol. The lowest BCUT2D eigenvalue weighted by Gasteiger charge is -2.42. The molecule has 0 amide bonds. The maximum atomic E-state index is 10.5. The molecule has 240 valence electrons. The summed E-state index contributed by atoms with van der Waals surface area (Å²) in [5, 5.41) is 22.8. The summed E-state index contributed by atoms with van der Waals surface area (Å²) in [6.45, 7) is 4.60. The van der Waals surface area contributed by atoms with Gasteiger partial charge in [0.25, 0.3) is 0 Å². The molecule has 0 radical (unpaired) electrons. The van der Waals surface area contributed by atoms with Crippen molar-refractivity contribution in [2.45, 2.75) is 19.3 Å². The molecule has 9 rings (SSSR count). The van der Waals surface area contributed by atoms with E-state index in [2.05, 4.69) is 163 Å². The zero-order valence-electron chi connectivity index (χ0n) is 28.3. The van der Waals surface area contributed by atoms with Gasteiger partial charge in [0, 0.05) is 33.0 Å². The molecular weight excluding hydrogens is 621 g/mol. The molecule has 1 aromatic heterocycles. The molecule has 2 heterocycles. The van der Waals surface area contributed by atoms with Gasteiger partial charge in [0.05, 0.1) is 51.4 Å². The van der Waals surface area contributed by atoms with Gasteiger partial charge in [-0.05, 0) is 95.1 Å². The molecule has 1 aliphatic rings. The van der Waals surface area contributed by atoms with Gasteiger partial charge in [-0.15, -0.1) is 0 Å². The van der Waals surface area contributed by atoms with Crippen molar-refractivity contribution < 1.29 is 0 Å². The van der Waals surface area contributed by atoms with E-state index in [9.17, 15) is 10.5 Å². The Kier molecular flexibility index (Phi) is 6.88. The van der Waals surface area contributed by atoms with Gasteiger partial charge >= 0.3 is 0 Å². The highest BCUT2D eigenvalue weighted by Crippen LogP contribution is 2.52. The molecule has 4 nitrogen and oxygen atoms in total. The second kappa shape index (κ2) is 11.6. The molecular formula is C47H32N4. The summed E-state index contributed by atoms with van der Waals surface area (Å²) in [5.74, 6) is 0. The summed E-state index contributed by atoms with van der Waals surface area (Å²) in [4.78, 5) is 2.36. The number of para-hydroxylation sites is 4. The summed E-state index contributed by atoms with van der Waals surface area (Å²) in [7, 11) is 0. The minimum absolute atomic E-state index is 0.256. The Balaban J connectivity index is 1.25. The van der Waals surface area contributed by atoms with Crippen LogP contribution >= 0.6 is 0 Å². The third kappa shape index (κ3) is 4.66. The standard InChI is InChI=1S/C47H32N4/c1-47(2)40-16-8-11-19-45(40)50(35-12-4-3-5-13-35)46-25-23-33(28-41(46)47)32-21-22-34(30-49)38(27-32)39-26-31(29-48)20-24-44(39)51-42-17-9-6-14-36(42)37-15-7-10-18-43(37)51/h3-28H,1-2H3. The number of rotatable bonds is 4. The Morgan fingerprint density at radius 1 is 0.490 bits per heavy atom. The minimum Gasteiger partial charge on any atom is -0.310 e. The van der Waals surface area contributed by atoms with Crippen molar-refractivity contribution in [1.82, 2.24) is 4.57 Å². The highest BCUT2D eigenvalue weighted by Gasteiger charge is 2.37. The molecule has 8 aromatic rings. The SMILES string of the molecule is CC1(C)c2ccccc2N(c2ccccc2)c2ccc(-c3ccc(C#N)c(-c4cc(C#N)ccc4-n4c5ccccc5c5ccccc54)c3)cc21. The molecule has 1 aliphatic heterocycles. The van der Waals surface area contributed by atoms with Gasteiger partial charge < -0.3 is 9.47 Å². The number of benzene rings is 7. The van der Waals surface area contributed by atoms with Crippen molar-refractivity contribution >= 4 is 38.9 Å². The average molecular weight is 653 g/mol. The van der Waals surface area contributed by atoms with Gasteiger partial charge in [-0.1, -0.05) is 98.8 Å². The molecule has 0 atom stereocenters. The van der Waals surface area contributed by atoms with E-state index in [4.69, 9.17) is 0 Å². The molecule has 7 aromatic carbocycles. The van der Waals surface area contributed by atoms with Crippen LogP contribution in [0.5, 0.6) is 0 Å². The van der Waals surface area contributed by atoms with E-state index >= 15 is 0 Å². The number of hydrogen-bond acceptors (Lipinski definition) is 3. The van der Waals surface area contributed by atoms with Crippen LogP contribution in [-0.4, -0.2) is 4.57 Å². The van der Waals surface area contributed by atoms with Crippen molar-refractivity contribution in [2.24, 2.45) is 0 Å². The number of anilines is 3. The van der Waals surface area contributed by atoms with Gasteiger partial charge in [-0.2, -0.15) is 10.5 Å². The Hall–Kier alpha value is -6.88. The normalized spacial score (nSPS) is 13.0. The lowest BCUT2D eigenvalue weighted by Crippen LogP contribution is -2.30. The van der Waals surface area contributed by atoms with Crippen LogP contribution in [0.15, 0.2) is 158 Å². The Labute approximate surface area is 297 Å². The topological polar surface area (TPSA) is 55.8 Å². The highest BCUT2D eigenvalue weighted by atomic mass is 15.2. The van der Waals surface area contributed by atoms with Crippen molar-refractivity contribution in [3.8, 4) is 40.1 Å². The largest absolute Gasteiger partial charge is 0.310 e. The third-order valence-electron chi connectivity index (χ3n) is 10.5. The molecule has 0 saturated carbocycles. The van der Waals surface area contributed by atoms with Crippen LogP contribution in [0.1, 0.15) is 36.1 Å². The van der Waals surface area contributed by atoms with Crippen LogP contribution in [0.2, 0.25) is 0 Å². The number of nitrogens with zero attached hydrogens (tertiary/aromatic N) is 4. The van der Waals surface area contributed by atoms with Gasteiger partial charge in [0.2, 0.25) is 0 Å². The molecule has 0 fully saturated rings. The van der Waals surface area contributed by atoms with E-state index in [1.54, 1.807) is 0 Å². The zero-order valence-corrected chi connectivity index (χ0v) is 28.3. The fourth-order valence-corrected chi connectivity index (χ4v) is 7.98. The van der Waals surface area contributed by atoms with Crippen LogP contribution in [0.25, 0.3) is 49.7 Å². The predicted octanol–water partition coefficient (Wildman–Crippen LogP) is 12.0. The molecule has 0 bridgehead atoms. The lowest BCUT2D eigenvalue weighted by molar-refractivity contribution is 0.632. The maximum Gasteiger partial charge on any atom is 0.0998 e. The number of aromatic nitrogens is 1. The summed E-state index contributed by atoms with van der Waals surface area (Å²) < 4.78 is 2.26. The molecule has 0 N–H and O–H groups in total. The van der Waals surface area contributed by atoms with E-state index in [1.165, 1.54) is 16.8 Å². The van der Waals surface area contributed by atoms with Gasteiger partial charge in [0.15, 0.2) is 0 Å². The Bertz CT molecular complexity index is 2700. The van der Waals surface area contributed by atoms with Crippen molar-refractivity contribution in [2.75, 3.05) is 4.90 Å². The van der Waals surface area contributed by atoms with Crippen LogP contribution in [-0.2, 0) is 5.41 Å². The fourth-order valence-electron chi connectivity index (χ4n) is 7.98. The van der Waals surface area contributed by atoms with Gasteiger partial charge in [-0.25, -0.2) is 0 Å². The summed E-state index contributed by atoms with van der Waals surface area (Å²) in [6.07, 6.45) is 0. The van der Waals surface area contributed by atoms with Crippen molar-refractivity contribution in [3.63, 3.8) is 0 Å². The fraction of sp³-hybridized carbons (Fsp3) is 0.0638. The smallest absolute Gasteiger partial charge is 0.0998 e. The lowest BCUT2D eigenvalue weighted by atomic mass is 9.73. The highest BCUT2D eigenvalue weighted by molar-refractivity contribution is 6.10. The third-order valence-corrected chi connectivity index (χ3v) is 10.5. The van der Waals surface area contributed by atoms with E-state index in [0.717, 1.165) is 61.1 Å². The zero-order chi connectivity index (χ0) is 34.7. The van der Waals surface area contributed by atoms with Crippen molar-refractivity contribution in [1.29, 1.82) is 10.5 Å². The summed E-state index contributed by atoms with van der Waals surface area (Å²) in [5.41, 5.74) is 13.5. The van der Waals surface area contributed by atoms with Crippen LogP contribution < -0.4 is 4.90 Å². The van der Waals surface area contributed by atoms with Crippen LogP contribution in [0.4, 0.5) is 17.1 Å². The second-order valence-electron chi connectivity index (χ2n) is 13.6. The van der Waals surface area contributed by atoms with Gasteiger partial charge in [-0.3, -0.25) is 0 Å². The van der Waals surface area contributed by atoms with E-state index in [-0.39, 0.29) is 5.41 Å². The van der Waals surface area contributed by atoms with E-state index in [1.807, 2.05) is 30.3 Å². The van der Waals surface area contributed by atoms with Crippen LogP contribution in [0.3, 0.4) is 0 Å². The Morgan fingerprint density at radius 2 is 1.10 bits per heavy atom. The first kappa shape index (κ1) is 30.2. The number of hydrogen-bond donors (Lipinski definition) is 0. The first-order chi connectivity index (χ1) is 25.0. The summed E-state index contributed by atoms with van der Waals surface area (Å²) in [6, 6.07) is 59.4. The molecule has 0 aliphatic carbocycles. The molecule has 0 saturated heterocycles.